The molecular formula is C34H25Cl2NO4. The normalized spacial score (nSPS) is 26.2. The monoisotopic (exact) mass is 581 g/mol. The van der Waals surface area contributed by atoms with Crippen LogP contribution < -0.4 is 0 Å². The lowest BCUT2D eigenvalue weighted by Gasteiger charge is -2.54. The van der Waals surface area contributed by atoms with Gasteiger partial charge in [0.1, 0.15) is 22.4 Å². The van der Waals surface area contributed by atoms with Crippen LogP contribution in [0.15, 0.2) is 109 Å². The maximum Gasteiger partial charge on any atom is 0.330 e. The fourth-order valence-electron chi connectivity index (χ4n) is 6.94. The van der Waals surface area contributed by atoms with Crippen molar-refractivity contribution in [2.75, 3.05) is 0 Å². The summed E-state index contributed by atoms with van der Waals surface area (Å²) in [5, 5.41) is 0. The number of carbonyl (C=O) groups excluding carboxylic acids is 3. The molecule has 1 fully saturated rings. The molecule has 2 amide bonds. The number of hydrogen-bond donors (Lipinski definition) is 0. The first kappa shape index (κ1) is 26.0. The van der Waals surface area contributed by atoms with E-state index in [1.807, 2.05) is 109 Å². The Morgan fingerprint density at radius 2 is 1.05 bits per heavy atom. The van der Waals surface area contributed by atoms with E-state index in [0.29, 0.717) is 22.3 Å². The smallest absolute Gasteiger partial charge is 0.330 e. The molecule has 41 heavy (non-hydrogen) atoms. The van der Waals surface area contributed by atoms with Crippen molar-refractivity contribution in [3.8, 4) is 0 Å². The summed E-state index contributed by atoms with van der Waals surface area (Å²) in [6.45, 7) is 0.0177. The Kier molecular flexibility index (Phi) is 6.07. The molecule has 8 rings (SSSR count). The molecule has 4 aliphatic rings. The highest BCUT2D eigenvalue weighted by atomic mass is 35.5. The van der Waals surface area contributed by atoms with Crippen LogP contribution in [0.4, 0.5) is 0 Å². The number of amides is 2. The van der Waals surface area contributed by atoms with Crippen molar-refractivity contribution in [3.63, 3.8) is 0 Å². The highest BCUT2D eigenvalue weighted by molar-refractivity contribution is 6.36. The van der Waals surface area contributed by atoms with Crippen LogP contribution in [0.3, 0.4) is 0 Å². The van der Waals surface area contributed by atoms with Crippen LogP contribution in [0.1, 0.15) is 33.4 Å². The average Bonchev–Trinajstić information content (AvgIpc) is 3.29. The average molecular weight is 582 g/mol. The fraction of sp³-hybridized carbons (Fsp3) is 0.206. The first-order valence-corrected chi connectivity index (χ1v) is 14.3. The molecule has 1 aliphatic heterocycles. The second-order valence-corrected chi connectivity index (χ2v) is 12.0. The molecule has 0 spiro atoms. The summed E-state index contributed by atoms with van der Waals surface area (Å²) in [5.41, 5.74) is 4.45. The van der Waals surface area contributed by atoms with Gasteiger partial charge in [-0.2, -0.15) is 0 Å². The number of rotatable bonds is 6. The third-order valence-electron chi connectivity index (χ3n) is 8.70. The van der Waals surface area contributed by atoms with Crippen molar-refractivity contribution in [3.05, 3.63) is 143 Å². The van der Waals surface area contributed by atoms with E-state index < -0.39 is 45.4 Å². The molecule has 0 aromatic heterocycles. The SMILES string of the molecule is O=C(OCc1ccccc1)[C@@H](Cc1ccccc1)N1C(=O)[C@@H]2[C@H](C1=O)C1(Cl)c3ccccc3C2(Cl)c2ccccc21. The van der Waals surface area contributed by atoms with Crippen LogP contribution >= 0.6 is 23.2 Å². The van der Waals surface area contributed by atoms with Crippen LogP contribution in [0, 0.1) is 11.8 Å². The van der Waals surface area contributed by atoms with Crippen molar-refractivity contribution in [1.29, 1.82) is 0 Å². The Hall–Kier alpha value is -3.93. The molecule has 2 bridgehead atoms. The molecule has 3 aliphatic carbocycles. The van der Waals surface area contributed by atoms with Gasteiger partial charge >= 0.3 is 5.97 Å². The van der Waals surface area contributed by atoms with E-state index in [-0.39, 0.29) is 13.0 Å². The number of esters is 1. The molecular weight excluding hydrogens is 557 g/mol. The summed E-state index contributed by atoms with van der Waals surface area (Å²) in [5.74, 6) is -3.66. The molecule has 0 radical (unpaired) electrons. The van der Waals surface area contributed by atoms with E-state index in [2.05, 4.69) is 0 Å². The minimum absolute atomic E-state index is 0.0177. The Morgan fingerprint density at radius 1 is 0.659 bits per heavy atom. The van der Waals surface area contributed by atoms with E-state index in [0.717, 1.165) is 16.0 Å². The van der Waals surface area contributed by atoms with Crippen LogP contribution in [0.25, 0.3) is 0 Å². The minimum atomic E-state index is -1.32. The van der Waals surface area contributed by atoms with Gasteiger partial charge in [-0.1, -0.05) is 109 Å². The summed E-state index contributed by atoms with van der Waals surface area (Å²) in [4.78, 5) is 41.1. The summed E-state index contributed by atoms with van der Waals surface area (Å²) in [6.07, 6.45) is 0.107. The van der Waals surface area contributed by atoms with Crippen molar-refractivity contribution in [2.45, 2.75) is 28.8 Å². The first-order valence-electron chi connectivity index (χ1n) is 13.6. The topological polar surface area (TPSA) is 63.7 Å². The van der Waals surface area contributed by atoms with Gasteiger partial charge < -0.3 is 4.74 Å². The highest BCUT2D eigenvalue weighted by Gasteiger charge is 2.73. The zero-order chi connectivity index (χ0) is 28.4. The maximum atomic E-state index is 14.5. The van der Waals surface area contributed by atoms with Gasteiger partial charge in [0.2, 0.25) is 11.8 Å². The number of carbonyl (C=O) groups is 3. The number of likely N-dealkylation sites (tertiary alicyclic amines) is 1. The Bertz CT molecular complexity index is 1570. The zero-order valence-corrected chi connectivity index (χ0v) is 23.4. The lowest BCUT2D eigenvalue weighted by Crippen LogP contribution is -2.57. The third kappa shape index (κ3) is 3.65. The number of alkyl halides is 2. The van der Waals surface area contributed by atoms with Gasteiger partial charge in [-0.3, -0.25) is 14.5 Å². The summed E-state index contributed by atoms with van der Waals surface area (Å²) >= 11 is 15.1. The Morgan fingerprint density at radius 3 is 1.49 bits per heavy atom. The molecule has 1 saturated heterocycles. The van der Waals surface area contributed by atoms with E-state index >= 15 is 0 Å². The van der Waals surface area contributed by atoms with Crippen molar-refractivity contribution in [1.82, 2.24) is 4.90 Å². The van der Waals surface area contributed by atoms with Crippen LogP contribution in [-0.4, -0.2) is 28.7 Å². The van der Waals surface area contributed by atoms with Gasteiger partial charge in [-0.15, -0.1) is 23.2 Å². The quantitative estimate of drug-likeness (QED) is 0.161. The predicted octanol–water partition coefficient (Wildman–Crippen LogP) is 5.93. The molecule has 4 aromatic carbocycles. The zero-order valence-electron chi connectivity index (χ0n) is 21.9. The lowest BCUT2D eigenvalue weighted by atomic mass is 9.54. The van der Waals surface area contributed by atoms with E-state index in [1.165, 1.54) is 0 Å². The first-order chi connectivity index (χ1) is 19.9. The number of hydrogen-bond acceptors (Lipinski definition) is 4. The second kappa shape index (κ2) is 9.57. The van der Waals surface area contributed by atoms with Crippen molar-refractivity contribution in [2.24, 2.45) is 11.8 Å². The lowest BCUT2D eigenvalue weighted by molar-refractivity contribution is -0.159. The molecule has 5 nitrogen and oxygen atoms in total. The number of ether oxygens (including phenoxy) is 1. The van der Waals surface area contributed by atoms with Crippen LogP contribution in [-0.2, 0) is 41.9 Å². The maximum absolute atomic E-state index is 14.5. The molecule has 204 valence electrons. The summed E-state index contributed by atoms with van der Waals surface area (Å²) in [6, 6.07) is 32.3. The third-order valence-corrected chi connectivity index (χ3v) is 9.98. The highest BCUT2D eigenvalue weighted by Crippen LogP contribution is 2.69. The van der Waals surface area contributed by atoms with Crippen LogP contribution in [0.5, 0.6) is 0 Å². The number of halogens is 2. The van der Waals surface area contributed by atoms with Crippen LogP contribution in [0.2, 0.25) is 0 Å². The molecule has 7 heteroatoms. The summed E-state index contributed by atoms with van der Waals surface area (Å²) < 4.78 is 5.72. The number of benzene rings is 4. The summed E-state index contributed by atoms with van der Waals surface area (Å²) in [7, 11) is 0. The Balaban J connectivity index is 1.33. The van der Waals surface area contributed by atoms with Gasteiger partial charge in [0.15, 0.2) is 0 Å². The molecule has 1 heterocycles. The molecule has 0 saturated carbocycles. The van der Waals surface area contributed by atoms with Gasteiger partial charge in [0.25, 0.3) is 0 Å². The Labute approximate surface area is 247 Å². The molecule has 3 atom stereocenters. The standard InChI is InChI=1S/C34H25Cl2NO4/c35-33-23-15-7-8-16-24(23)34(36,26-18-10-9-17-25(26)33)29-28(33)30(38)37(31(29)39)27(19-21-11-3-1-4-12-21)32(40)41-20-22-13-5-2-6-14-22/h1-18,27-29H,19-20H2/t27-,28-,29+,33?,34?/m1/s1. The van der Waals surface area contributed by atoms with Gasteiger partial charge in [0.05, 0.1) is 11.8 Å². The molecule has 4 aromatic rings. The largest absolute Gasteiger partial charge is 0.459 e. The molecule has 0 N–H and O–H groups in total. The second-order valence-electron chi connectivity index (χ2n) is 10.8. The predicted molar refractivity (Wildman–Crippen MR) is 155 cm³/mol. The van der Waals surface area contributed by atoms with Gasteiger partial charge in [-0.25, -0.2) is 4.79 Å². The van der Waals surface area contributed by atoms with E-state index in [1.54, 1.807) is 0 Å². The van der Waals surface area contributed by atoms with Gasteiger partial charge in [0, 0.05) is 6.42 Å². The van der Waals surface area contributed by atoms with E-state index in [9.17, 15) is 14.4 Å². The van der Waals surface area contributed by atoms with Crippen molar-refractivity contribution < 1.29 is 19.1 Å². The van der Waals surface area contributed by atoms with E-state index in [4.69, 9.17) is 27.9 Å². The van der Waals surface area contributed by atoms with Crippen molar-refractivity contribution >= 4 is 41.0 Å². The number of nitrogens with zero attached hydrogens (tertiary/aromatic N) is 1. The van der Waals surface area contributed by atoms with Gasteiger partial charge in [-0.05, 0) is 33.4 Å². The molecule has 0 unspecified atom stereocenters. The minimum Gasteiger partial charge on any atom is -0.459 e. The number of imide groups is 1. The fourth-order valence-corrected chi connectivity index (χ4v) is 8.04.